The van der Waals surface area contributed by atoms with Crippen molar-refractivity contribution < 1.29 is 13.6 Å². The van der Waals surface area contributed by atoms with Crippen molar-refractivity contribution in [2.45, 2.75) is 25.2 Å². The number of fused-ring (bicyclic) bond motifs is 1. The van der Waals surface area contributed by atoms with Crippen molar-refractivity contribution in [1.29, 1.82) is 0 Å². The lowest BCUT2D eigenvalue weighted by molar-refractivity contribution is 0.0940. The zero-order valence-corrected chi connectivity index (χ0v) is 10.8. The van der Waals surface area contributed by atoms with E-state index in [-0.39, 0.29) is 0 Å². The van der Waals surface area contributed by atoms with E-state index < -0.39 is 28.9 Å². The fraction of sp³-hybridized carbons (Fsp3) is 0.250. The van der Waals surface area contributed by atoms with E-state index in [2.05, 4.69) is 4.98 Å². The maximum absolute atomic E-state index is 13.8. The van der Waals surface area contributed by atoms with Gasteiger partial charge in [-0.3, -0.25) is 9.78 Å². The third kappa shape index (κ3) is 2.11. The van der Waals surface area contributed by atoms with Gasteiger partial charge in [0.05, 0.1) is 17.2 Å². The lowest BCUT2D eigenvalue weighted by Gasteiger charge is -2.23. The number of hydrogen-bond donors (Lipinski definition) is 0. The van der Waals surface area contributed by atoms with Crippen molar-refractivity contribution in [3.8, 4) is 0 Å². The van der Waals surface area contributed by atoms with Gasteiger partial charge in [-0.05, 0) is 43.0 Å². The van der Waals surface area contributed by atoms with Crippen molar-refractivity contribution in [1.82, 2.24) is 4.98 Å². The molecule has 0 aliphatic heterocycles. The second-order valence-electron chi connectivity index (χ2n) is 4.95. The molecular weight excluding hydrogens is 260 g/mol. The Balaban J connectivity index is 2.05. The minimum Gasteiger partial charge on any atom is -0.293 e. The van der Waals surface area contributed by atoms with Gasteiger partial charge in [-0.25, -0.2) is 8.78 Å². The summed E-state index contributed by atoms with van der Waals surface area (Å²) in [6.45, 7) is 0. The van der Waals surface area contributed by atoms with Gasteiger partial charge in [-0.1, -0.05) is 12.1 Å². The molecular formula is C16H13F2NO. The van der Waals surface area contributed by atoms with E-state index in [0.717, 1.165) is 30.5 Å². The summed E-state index contributed by atoms with van der Waals surface area (Å²) in [6, 6.07) is 7.21. The zero-order chi connectivity index (χ0) is 14.1. The van der Waals surface area contributed by atoms with E-state index in [0.29, 0.717) is 12.1 Å². The smallest absolute Gasteiger partial charge is 0.177 e. The summed E-state index contributed by atoms with van der Waals surface area (Å²) in [5.41, 5.74) is 1.20. The van der Waals surface area contributed by atoms with Gasteiger partial charge in [-0.2, -0.15) is 0 Å². The number of aryl methyl sites for hydroxylation is 1. The van der Waals surface area contributed by atoms with Crippen molar-refractivity contribution >= 4 is 5.78 Å². The number of aromatic nitrogens is 1. The number of pyridine rings is 1. The number of benzene rings is 1. The summed E-state index contributed by atoms with van der Waals surface area (Å²) >= 11 is 0. The van der Waals surface area contributed by atoms with Crippen LogP contribution in [0, 0.1) is 11.6 Å². The number of hydrogen-bond acceptors (Lipinski definition) is 2. The molecule has 0 radical (unpaired) electrons. The Hall–Kier alpha value is -2.10. The van der Waals surface area contributed by atoms with Crippen molar-refractivity contribution in [2.24, 2.45) is 0 Å². The number of carbonyl (C=O) groups is 1. The Kier molecular flexibility index (Phi) is 3.30. The predicted molar refractivity (Wildman–Crippen MR) is 70.6 cm³/mol. The van der Waals surface area contributed by atoms with Gasteiger partial charge in [0.2, 0.25) is 0 Å². The van der Waals surface area contributed by atoms with Crippen LogP contribution in [0.4, 0.5) is 8.78 Å². The molecule has 0 amide bonds. The highest BCUT2D eigenvalue weighted by molar-refractivity contribution is 6.01. The highest BCUT2D eigenvalue weighted by Crippen LogP contribution is 2.33. The molecule has 20 heavy (non-hydrogen) atoms. The molecule has 0 saturated heterocycles. The van der Waals surface area contributed by atoms with Crippen LogP contribution in [0.3, 0.4) is 0 Å². The standard InChI is InChI=1S/C16H13F2NO/c17-12-7-2-8-13(18)14(12)16(20)11-6-1-4-10-5-3-9-19-15(10)11/h2-3,5,7-9,11H,1,4,6H2. The molecule has 0 spiro atoms. The van der Waals surface area contributed by atoms with Gasteiger partial charge in [0.15, 0.2) is 5.78 Å². The first kappa shape index (κ1) is 12.9. The van der Waals surface area contributed by atoms with E-state index in [9.17, 15) is 13.6 Å². The molecule has 1 atom stereocenters. The molecule has 1 aliphatic carbocycles. The number of carbonyl (C=O) groups excluding carboxylic acids is 1. The molecule has 0 saturated carbocycles. The molecule has 102 valence electrons. The van der Waals surface area contributed by atoms with E-state index >= 15 is 0 Å². The average molecular weight is 273 g/mol. The van der Waals surface area contributed by atoms with E-state index in [1.807, 2.05) is 12.1 Å². The van der Waals surface area contributed by atoms with E-state index in [1.54, 1.807) is 6.20 Å². The quantitative estimate of drug-likeness (QED) is 0.781. The summed E-state index contributed by atoms with van der Waals surface area (Å²) in [7, 11) is 0. The average Bonchev–Trinajstić information content (AvgIpc) is 2.46. The molecule has 1 aromatic heterocycles. The van der Waals surface area contributed by atoms with Gasteiger partial charge >= 0.3 is 0 Å². The minimum absolute atomic E-state index is 0.448. The van der Waals surface area contributed by atoms with Gasteiger partial charge in [0, 0.05) is 6.20 Å². The van der Waals surface area contributed by atoms with Gasteiger partial charge in [-0.15, -0.1) is 0 Å². The monoisotopic (exact) mass is 273 g/mol. The van der Waals surface area contributed by atoms with Gasteiger partial charge in [0.1, 0.15) is 11.6 Å². The van der Waals surface area contributed by atoms with Crippen LogP contribution in [-0.2, 0) is 6.42 Å². The largest absolute Gasteiger partial charge is 0.293 e. The first-order valence-corrected chi connectivity index (χ1v) is 6.60. The van der Waals surface area contributed by atoms with Crippen molar-refractivity contribution in [3.63, 3.8) is 0 Å². The molecule has 3 rings (SSSR count). The first-order chi connectivity index (χ1) is 9.68. The van der Waals surface area contributed by atoms with Crippen molar-refractivity contribution in [3.05, 3.63) is 65.0 Å². The lowest BCUT2D eigenvalue weighted by atomic mass is 9.82. The summed E-state index contributed by atoms with van der Waals surface area (Å²) in [4.78, 5) is 16.7. The Morgan fingerprint density at radius 1 is 1.15 bits per heavy atom. The lowest BCUT2D eigenvalue weighted by Crippen LogP contribution is -2.22. The Morgan fingerprint density at radius 3 is 2.65 bits per heavy atom. The summed E-state index contributed by atoms with van der Waals surface area (Å²) < 4.78 is 27.5. The first-order valence-electron chi connectivity index (χ1n) is 6.60. The molecule has 4 heteroatoms. The predicted octanol–water partition coefficient (Wildman–Crippen LogP) is 3.66. The van der Waals surface area contributed by atoms with Crippen molar-refractivity contribution in [2.75, 3.05) is 0 Å². The second-order valence-corrected chi connectivity index (χ2v) is 4.95. The highest BCUT2D eigenvalue weighted by Gasteiger charge is 2.31. The van der Waals surface area contributed by atoms with Crippen LogP contribution in [0.25, 0.3) is 0 Å². The number of halogens is 2. The number of nitrogens with zero attached hydrogens (tertiary/aromatic N) is 1. The summed E-state index contributed by atoms with van der Waals surface area (Å²) in [5, 5.41) is 0. The topological polar surface area (TPSA) is 30.0 Å². The molecule has 1 aromatic carbocycles. The van der Waals surface area contributed by atoms with E-state index in [4.69, 9.17) is 0 Å². The third-order valence-electron chi connectivity index (χ3n) is 3.72. The molecule has 2 nitrogen and oxygen atoms in total. The Labute approximate surface area is 115 Å². The SMILES string of the molecule is O=C(c1c(F)cccc1F)C1CCCc2cccnc21. The van der Waals surface area contributed by atoms with Crippen LogP contribution in [0.5, 0.6) is 0 Å². The molecule has 2 aromatic rings. The fourth-order valence-electron chi connectivity index (χ4n) is 2.77. The molecule has 0 fully saturated rings. The van der Waals surface area contributed by atoms with E-state index in [1.165, 1.54) is 6.07 Å². The maximum Gasteiger partial charge on any atom is 0.177 e. The Bertz CT molecular complexity index is 649. The fourth-order valence-corrected chi connectivity index (χ4v) is 2.77. The van der Waals surface area contributed by atoms with Gasteiger partial charge < -0.3 is 0 Å². The van der Waals surface area contributed by atoms with Crippen LogP contribution in [-0.4, -0.2) is 10.8 Å². The molecule has 1 aliphatic rings. The third-order valence-corrected chi connectivity index (χ3v) is 3.72. The summed E-state index contributed by atoms with van der Waals surface area (Å²) in [6.07, 6.45) is 3.87. The van der Waals surface area contributed by atoms with Crippen LogP contribution < -0.4 is 0 Å². The number of rotatable bonds is 2. The molecule has 1 heterocycles. The molecule has 1 unspecified atom stereocenters. The van der Waals surface area contributed by atoms with Crippen LogP contribution in [0.15, 0.2) is 36.5 Å². The number of Topliss-reactive ketones (excluding diaryl/α,β-unsaturated/α-hetero) is 1. The number of ketones is 1. The Morgan fingerprint density at radius 2 is 1.90 bits per heavy atom. The van der Waals surface area contributed by atoms with Crippen LogP contribution >= 0.6 is 0 Å². The second kappa shape index (κ2) is 5.12. The van der Waals surface area contributed by atoms with Crippen LogP contribution in [0.1, 0.15) is 40.4 Å². The summed E-state index contributed by atoms with van der Waals surface area (Å²) in [5.74, 6) is -2.68. The minimum atomic E-state index is -0.807. The highest BCUT2D eigenvalue weighted by atomic mass is 19.1. The molecule has 0 N–H and O–H groups in total. The zero-order valence-electron chi connectivity index (χ0n) is 10.8. The van der Waals surface area contributed by atoms with Gasteiger partial charge in [0.25, 0.3) is 0 Å². The maximum atomic E-state index is 13.8. The molecule has 0 bridgehead atoms. The van der Waals surface area contributed by atoms with Crippen LogP contribution in [0.2, 0.25) is 0 Å². The normalized spacial score (nSPS) is 17.6.